The van der Waals surface area contributed by atoms with Crippen LogP contribution < -0.4 is 5.32 Å². The SMILES string of the molecule is CSC1CCCN(C[C@@H]2CCCN2)C1. The Labute approximate surface area is 91.8 Å². The molecule has 0 amide bonds. The summed E-state index contributed by atoms with van der Waals surface area (Å²) in [5, 5.41) is 4.48. The van der Waals surface area contributed by atoms with Gasteiger partial charge in [-0.3, -0.25) is 0 Å². The van der Waals surface area contributed by atoms with E-state index in [9.17, 15) is 0 Å². The highest BCUT2D eigenvalue weighted by Gasteiger charge is 2.22. The van der Waals surface area contributed by atoms with Crippen molar-refractivity contribution < 1.29 is 0 Å². The summed E-state index contributed by atoms with van der Waals surface area (Å²) in [7, 11) is 0. The Morgan fingerprint density at radius 1 is 1.36 bits per heavy atom. The lowest BCUT2D eigenvalue weighted by molar-refractivity contribution is 0.215. The Balaban J connectivity index is 1.73. The first-order valence-electron chi connectivity index (χ1n) is 5.87. The number of rotatable bonds is 3. The van der Waals surface area contributed by atoms with E-state index in [0.717, 1.165) is 11.3 Å². The molecular formula is C11H22N2S. The second-order valence-electron chi connectivity index (χ2n) is 4.55. The quantitative estimate of drug-likeness (QED) is 0.768. The van der Waals surface area contributed by atoms with E-state index in [1.54, 1.807) is 0 Å². The predicted molar refractivity (Wildman–Crippen MR) is 64.0 cm³/mol. The van der Waals surface area contributed by atoms with Gasteiger partial charge in [-0.25, -0.2) is 0 Å². The molecule has 0 aromatic carbocycles. The minimum atomic E-state index is 0.788. The molecule has 2 rings (SSSR count). The summed E-state index contributed by atoms with van der Waals surface area (Å²) in [5.41, 5.74) is 0. The predicted octanol–water partition coefficient (Wildman–Crippen LogP) is 1.57. The third-order valence-corrected chi connectivity index (χ3v) is 4.49. The number of nitrogens with one attached hydrogen (secondary N) is 1. The van der Waals surface area contributed by atoms with Gasteiger partial charge in [0.1, 0.15) is 0 Å². The average Bonchev–Trinajstić information content (AvgIpc) is 2.71. The molecule has 0 saturated carbocycles. The number of hydrogen-bond acceptors (Lipinski definition) is 3. The van der Waals surface area contributed by atoms with Crippen LogP contribution >= 0.6 is 11.8 Å². The number of hydrogen-bond donors (Lipinski definition) is 1. The van der Waals surface area contributed by atoms with Gasteiger partial charge in [-0.15, -0.1) is 0 Å². The van der Waals surface area contributed by atoms with Crippen molar-refractivity contribution in [1.29, 1.82) is 0 Å². The second-order valence-corrected chi connectivity index (χ2v) is 5.69. The van der Waals surface area contributed by atoms with Gasteiger partial charge in [0, 0.05) is 24.4 Å². The summed E-state index contributed by atoms with van der Waals surface area (Å²) < 4.78 is 0. The van der Waals surface area contributed by atoms with Crippen molar-refractivity contribution in [3.63, 3.8) is 0 Å². The Bertz CT molecular complexity index is 169. The van der Waals surface area contributed by atoms with Gasteiger partial charge in [0.15, 0.2) is 0 Å². The molecule has 2 atom stereocenters. The highest BCUT2D eigenvalue weighted by Crippen LogP contribution is 2.20. The zero-order valence-electron chi connectivity index (χ0n) is 9.17. The second kappa shape index (κ2) is 5.38. The molecular weight excluding hydrogens is 192 g/mol. The van der Waals surface area contributed by atoms with Crippen molar-refractivity contribution in [2.45, 2.75) is 37.0 Å². The number of piperidine rings is 1. The zero-order valence-corrected chi connectivity index (χ0v) is 9.98. The van der Waals surface area contributed by atoms with Crippen LogP contribution in [0.15, 0.2) is 0 Å². The largest absolute Gasteiger partial charge is 0.313 e. The van der Waals surface area contributed by atoms with Gasteiger partial charge < -0.3 is 10.2 Å². The van der Waals surface area contributed by atoms with Crippen molar-refractivity contribution in [3.05, 3.63) is 0 Å². The standard InChI is InChI=1S/C11H22N2S/c1-14-11-5-3-7-13(9-11)8-10-4-2-6-12-10/h10-12H,2-9H2,1H3/t10-,11?/m0/s1. The smallest absolute Gasteiger partial charge is 0.0195 e. The fourth-order valence-electron chi connectivity index (χ4n) is 2.60. The lowest BCUT2D eigenvalue weighted by atomic mass is 10.1. The minimum Gasteiger partial charge on any atom is -0.313 e. The number of thioether (sulfide) groups is 1. The molecule has 0 aromatic heterocycles. The van der Waals surface area contributed by atoms with Crippen LogP contribution in [-0.4, -0.2) is 48.6 Å². The molecule has 2 heterocycles. The van der Waals surface area contributed by atoms with Crippen LogP contribution in [0, 0.1) is 0 Å². The first kappa shape index (κ1) is 10.8. The molecule has 3 heteroatoms. The van der Waals surface area contributed by atoms with Crippen molar-refractivity contribution in [1.82, 2.24) is 10.2 Å². The fraction of sp³-hybridized carbons (Fsp3) is 1.00. The average molecular weight is 214 g/mol. The summed E-state index contributed by atoms with van der Waals surface area (Å²) in [6.45, 7) is 5.18. The van der Waals surface area contributed by atoms with Crippen molar-refractivity contribution >= 4 is 11.8 Å². The molecule has 82 valence electrons. The molecule has 0 aliphatic carbocycles. The Kier molecular flexibility index (Phi) is 4.14. The van der Waals surface area contributed by atoms with E-state index in [0.29, 0.717) is 0 Å². The van der Waals surface area contributed by atoms with E-state index in [1.165, 1.54) is 51.9 Å². The maximum atomic E-state index is 3.59. The van der Waals surface area contributed by atoms with Crippen LogP contribution in [0.2, 0.25) is 0 Å². The highest BCUT2D eigenvalue weighted by molar-refractivity contribution is 7.99. The van der Waals surface area contributed by atoms with Gasteiger partial charge in [-0.05, 0) is 45.0 Å². The minimum absolute atomic E-state index is 0.788. The molecule has 2 aliphatic rings. The highest BCUT2D eigenvalue weighted by atomic mass is 32.2. The van der Waals surface area contributed by atoms with E-state index in [4.69, 9.17) is 0 Å². The zero-order chi connectivity index (χ0) is 9.80. The molecule has 2 saturated heterocycles. The third kappa shape index (κ3) is 2.88. The van der Waals surface area contributed by atoms with Crippen molar-refractivity contribution in [2.24, 2.45) is 0 Å². The van der Waals surface area contributed by atoms with Crippen LogP contribution in [0.3, 0.4) is 0 Å². The summed E-state index contributed by atoms with van der Waals surface area (Å²) in [6, 6.07) is 0.788. The molecule has 0 spiro atoms. The molecule has 2 aliphatic heterocycles. The van der Waals surface area contributed by atoms with Gasteiger partial charge in [-0.1, -0.05) is 0 Å². The number of nitrogens with zero attached hydrogens (tertiary/aromatic N) is 1. The topological polar surface area (TPSA) is 15.3 Å². The summed E-state index contributed by atoms with van der Waals surface area (Å²) >= 11 is 2.05. The van der Waals surface area contributed by atoms with Crippen LogP contribution in [-0.2, 0) is 0 Å². The maximum Gasteiger partial charge on any atom is 0.0195 e. The van der Waals surface area contributed by atoms with Gasteiger partial charge in [0.05, 0.1) is 0 Å². The lowest BCUT2D eigenvalue weighted by Crippen LogP contribution is -2.43. The molecule has 14 heavy (non-hydrogen) atoms. The molecule has 0 radical (unpaired) electrons. The lowest BCUT2D eigenvalue weighted by Gasteiger charge is -2.33. The van der Waals surface area contributed by atoms with Gasteiger partial charge in [0.2, 0.25) is 0 Å². The third-order valence-electron chi connectivity index (χ3n) is 3.44. The first-order chi connectivity index (χ1) is 6.88. The van der Waals surface area contributed by atoms with Crippen LogP contribution in [0.1, 0.15) is 25.7 Å². The molecule has 0 bridgehead atoms. The normalized spacial score (nSPS) is 34.9. The van der Waals surface area contributed by atoms with Gasteiger partial charge >= 0.3 is 0 Å². The molecule has 2 nitrogen and oxygen atoms in total. The Hall–Kier alpha value is 0.270. The Morgan fingerprint density at radius 2 is 2.29 bits per heavy atom. The summed E-state index contributed by atoms with van der Waals surface area (Å²) in [4.78, 5) is 2.66. The monoisotopic (exact) mass is 214 g/mol. The molecule has 1 N–H and O–H groups in total. The van der Waals surface area contributed by atoms with Crippen LogP contribution in [0.4, 0.5) is 0 Å². The van der Waals surface area contributed by atoms with Crippen LogP contribution in [0.5, 0.6) is 0 Å². The summed E-state index contributed by atoms with van der Waals surface area (Å²) in [5.74, 6) is 0. The Morgan fingerprint density at radius 3 is 3.00 bits per heavy atom. The molecule has 1 unspecified atom stereocenters. The van der Waals surface area contributed by atoms with E-state index in [2.05, 4.69) is 16.5 Å². The number of likely N-dealkylation sites (tertiary alicyclic amines) is 1. The van der Waals surface area contributed by atoms with Crippen molar-refractivity contribution in [3.8, 4) is 0 Å². The first-order valence-corrected chi connectivity index (χ1v) is 7.16. The van der Waals surface area contributed by atoms with Crippen LogP contribution in [0.25, 0.3) is 0 Å². The van der Waals surface area contributed by atoms with E-state index < -0.39 is 0 Å². The maximum absolute atomic E-state index is 3.59. The van der Waals surface area contributed by atoms with Gasteiger partial charge in [-0.2, -0.15) is 11.8 Å². The molecule has 0 aromatic rings. The van der Waals surface area contributed by atoms with E-state index in [-0.39, 0.29) is 0 Å². The molecule has 2 fully saturated rings. The van der Waals surface area contributed by atoms with E-state index >= 15 is 0 Å². The van der Waals surface area contributed by atoms with E-state index in [1.807, 2.05) is 11.8 Å². The summed E-state index contributed by atoms with van der Waals surface area (Å²) in [6.07, 6.45) is 7.85. The fourth-order valence-corrected chi connectivity index (χ4v) is 3.36. The van der Waals surface area contributed by atoms with Crippen molar-refractivity contribution in [2.75, 3.05) is 32.4 Å². The van der Waals surface area contributed by atoms with Gasteiger partial charge in [0.25, 0.3) is 0 Å².